The van der Waals surface area contributed by atoms with E-state index in [-0.39, 0.29) is 12.5 Å². The zero-order chi connectivity index (χ0) is 18.5. The van der Waals surface area contributed by atoms with Crippen LogP contribution in [0.15, 0.2) is 42.5 Å². The van der Waals surface area contributed by atoms with Crippen LogP contribution in [-0.4, -0.2) is 48.5 Å². The lowest BCUT2D eigenvalue weighted by atomic mass is 10.2. The molecule has 1 saturated heterocycles. The Morgan fingerprint density at radius 2 is 1.54 bits per heavy atom. The lowest BCUT2D eigenvalue weighted by Gasteiger charge is -2.35. The van der Waals surface area contributed by atoms with Crippen LogP contribution in [0.4, 0.5) is 0 Å². The Bertz CT molecular complexity index is 740. The van der Waals surface area contributed by atoms with E-state index in [1.807, 2.05) is 23.1 Å². The van der Waals surface area contributed by atoms with E-state index in [4.69, 9.17) is 39.5 Å². The molecule has 0 aromatic heterocycles. The summed E-state index contributed by atoms with van der Waals surface area (Å²) in [6.45, 7) is 3.57. The molecular formula is C19H19Cl3N2O2. The van der Waals surface area contributed by atoms with Crippen molar-refractivity contribution in [3.05, 3.63) is 63.1 Å². The minimum Gasteiger partial charge on any atom is -0.484 e. The van der Waals surface area contributed by atoms with E-state index >= 15 is 0 Å². The SMILES string of the molecule is O=C(COc1ccc(Cl)cc1)N1CCN(Cc2c(Cl)cccc2Cl)CC1. The molecule has 1 fully saturated rings. The predicted molar refractivity (Wildman–Crippen MR) is 105 cm³/mol. The van der Waals surface area contributed by atoms with Gasteiger partial charge < -0.3 is 9.64 Å². The van der Waals surface area contributed by atoms with Gasteiger partial charge in [-0.3, -0.25) is 9.69 Å². The van der Waals surface area contributed by atoms with Gasteiger partial charge >= 0.3 is 0 Å². The van der Waals surface area contributed by atoms with Crippen molar-refractivity contribution in [3.8, 4) is 5.75 Å². The predicted octanol–water partition coefficient (Wildman–Crippen LogP) is 4.37. The number of hydrogen-bond acceptors (Lipinski definition) is 3. The zero-order valence-electron chi connectivity index (χ0n) is 14.1. The molecule has 1 aliphatic heterocycles. The molecule has 138 valence electrons. The van der Waals surface area contributed by atoms with Crippen molar-refractivity contribution in [1.82, 2.24) is 9.80 Å². The first-order valence-electron chi connectivity index (χ1n) is 8.34. The second kappa shape index (κ2) is 8.96. The fraction of sp³-hybridized carbons (Fsp3) is 0.316. The van der Waals surface area contributed by atoms with E-state index in [0.29, 0.717) is 40.5 Å². The number of amides is 1. The van der Waals surface area contributed by atoms with Crippen molar-refractivity contribution in [2.24, 2.45) is 0 Å². The maximum Gasteiger partial charge on any atom is 0.260 e. The lowest BCUT2D eigenvalue weighted by Crippen LogP contribution is -2.49. The molecule has 0 atom stereocenters. The maximum absolute atomic E-state index is 12.3. The molecule has 4 nitrogen and oxygen atoms in total. The van der Waals surface area contributed by atoms with Gasteiger partial charge in [-0.25, -0.2) is 0 Å². The van der Waals surface area contributed by atoms with Gasteiger partial charge in [-0.15, -0.1) is 0 Å². The summed E-state index contributed by atoms with van der Waals surface area (Å²) < 4.78 is 5.53. The molecular weight excluding hydrogens is 395 g/mol. The lowest BCUT2D eigenvalue weighted by molar-refractivity contribution is -0.135. The van der Waals surface area contributed by atoms with Gasteiger partial charge in [0.25, 0.3) is 5.91 Å². The first kappa shape index (κ1) is 19.3. The van der Waals surface area contributed by atoms with Crippen molar-refractivity contribution in [2.75, 3.05) is 32.8 Å². The average Bonchev–Trinajstić information content (AvgIpc) is 2.65. The molecule has 2 aromatic rings. The highest BCUT2D eigenvalue weighted by Gasteiger charge is 2.22. The fourth-order valence-electron chi connectivity index (χ4n) is 2.83. The zero-order valence-corrected chi connectivity index (χ0v) is 16.4. The van der Waals surface area contributed by atoms with Crippen molar-refractivity contribution in [3.63, 3.8) is 0 Å². The molecule has 0 aliphatic carbocycles. The van der Waals surface area contributed by atoms with E-state index < -0.39 is 0 Å². The smallest absolute Gasteiger partial charge is 0.260 e. The Morgan fingerprint density at radius 3 is 2.15 bits per heavy atom. The molecule has 2 aromatic carbocycles. The number of ether oxygens (including phenoxy) is 1. The van der Waals surface area contributed by atoms with Gasteiger partial charge in [0.05, 0.1) is 0 Å². The number of carbonyl (C=O) groups excluding carboxylic acids is 1. The molecule has 0 N–H and O–H groups in total. The van der Waals surface area contributed by atoms with Gasteiger partial charge in [-0.2, -0.15) is 0 Å². The van der Waals surface area contributed by atoms with E-state index in [0.717, 1.165) is 18.7 Å². The Hall–Kier alpha value is -1.46. The monoisotopic (exact) mass is 412 g/mol. The fourth-order valence-corrected chi connectivity index (χ4v) is 3.47. The molecule has 1 aliphatic rings. The third kappa shape index (κ3) is 5.04. The highest BCUT2D eigenvalue weighted by Crippen LogP contribution is 2.26. The summed E-state index contributed by atoms with van der Waals surface area (Å²) in [5, 5.41) is 1.98. The molecule has 0 bridgehead atoms. The van der Waals surface area contributed by atoms with E-state index in [1.165, 1.54) is 0 Å². The first-order valence-corrected chi connectivity index (χ1v) is 9.48. The second-order valence-corrected chi connectivity index (χ2v) is 7.35. The molecule has 1 amide bonds. The second-order valence-electron chi connectivity index (χ2n) is 6.10. The highest BCUT2D eigenvalue weighted by molar-refractivity contribution is 6.36. The van der Waals surface area contributed by atoms with Gasteiger partial charge in [0.2, 0.25) is 0 Å². The van der Waals surface area contributed by atoms with Crippen LogP contribution in [0.1, 0.15) is 5.56 Å². The number of rotatable bonds is 5. The number of piperazine rings is 1. The van der Waals surface area contributed by atoms with Crippen molar-refractivity contribution in [2.45, 2.75) is 6.54 Å². The molecule has 26 heavy (non-hydrogen) atoms. The normalized spacial score (nSPS) is 15.1. The standard InChI is InChI=1S/C19H19Cl3N2O2/c20-14-4-6-15(7-5-14)26-13-19(25)24-10-8-23(9-11-24)12-16-17(21)2-1-3-18(16)22/h1-7H,8-13H2. The number of carbonyl (C=O) groups is 1. The van der Waals surface area contributed by atoms with Crippen molar-refractivity contribution < 1.29 is 9.53 Å². The van der Waals surface area contributed by atoms with Crippen LogP contribution in [0.2, 0.25) is 15.1 Å². The molecule has 0 radical (unpaired) electrons. The van der Waals surface area contributed by atoms with E-state index in [9.17, 15) is 4.79 Å². The van der Waals surface area contributed by atoms with E-state index in [1.54, 1.807) is 24.3 Å². The van der Waals surface area contributed by atoms with Gasteiger partial charge in [0, 0.05) is 53.4 Å². The average molecular weight is 414 g/mol. The van der Waals surface area contributed by atoms with Crippen molar-refractivity contribution in [1.29, 1.82) is 0 Å². The van der Waals surface area contributed by atoms with Crippen LogP contribution in [0.25, 0.3) is 0 Å². The largest absolute Gasteiger partial charge is 0.484 e. The van der Waals surface area contributed by atoms with E-state index in [2.05, 4.69) is 4.90 Å². The number of benzene rings is 2. The summed E-state index contributed by atoms with van der Waals surface area (Å²) in [5.74, 6) is 0.616. The summed E-state index contributed by atoms with van der Waals surface area (Å²) in [6, 6.07) is 12.5. The van der Waals surface area contributed by atoms with Gasteiger partial charge in [0.1, 0.15) is 5.75 Å². The summed E-state index contributed by atoms with van der Waals surface area (Å²) in [5.41, 5.74) is 0.932. The summed E-state index contributed by atoms with van der Waals surface area (Å²) >= 11 is 18.3. The number of hydrogen-bond donors (Lipinski definition) is 0. The summed E-state index contributed by atoms with van der Waals surface area (Å²) in [7, 11) is 0. The van der Waals surface area contributed by atoms with Gasteiger partial charge in [-0.1, -0.05) is 40.9 Å². The molecule has 1 heterocycles. The molecule has 0 spiro atoms. The Labute approximate surface area is 168 Å². The summed E-state index contributed by atoms with van der Waals surface area (Å²) in [6.07, 6.45) is 0. The molecule has 3 rings (SSSR count). The topological polar surface area (TPSA) is 32.8 Å². The summed E-state index contributed by atoms with van der Waals surface area (Å²) in [4.78, 5) is 16.4. The maximum atomic E-state index is 12.3. The van der Waals surface area contributed by atoms with Crippen LogP contribution in [0.5, 0.6) is 5.75 Å². The Kier molecular flexibility index (Phi) is 6.65. The van der Waals surface area contributed by atoms with Crippen molar-refractivity contribution >= 4 is 40.7 Å². The highest BCUT2D eigenvalue weighted by atomic mass is 35.5. The van der Waals surface area contributed by atoms with Crippen LogP contribution in [-0.2, 0) is 11.3 Å². The van der Waals surface area contributed by atoms with Gasteiger partial charge in [0.15, 0.2) is 6.61 Å². The minimum absolute atomic E-state index is 0.0182. The first-order chi connectivity index (χ1) is 12.5. The third-order valence-corrected chi connectivity index (χ3v) is 5.30. The Balaban J connectivity index is 1.47. The van der Waals surface area contributed by atoms with Crippen LogP contribution in [0.3, 0.4) is 0 Å². The Morgan fingerprint density at radius 1 is 0.923 bits per heavy atom. The third-order valence-electron chi connectivity index (χ3n) is 4.34. The quantitative estimate of drug-likeness (QED) is 0.730. The van der Waals surface area contributed by atoms with Crippen LogP contribution in [0, 0.1) is 0 Å². The molecule has 0 unspecified atom stereocenters. The molecule has 0 saturated carbocycles. The number of halogens is 3. The van der Waals surface area contributed by atoms with Crippen LogP contribution >= 0.6 is 34.8 Å². The van der Waals surface area contributed by atoms with Gasteiger partial charge in [-0.05, 0) is 36.4 Å². The van der Waals surface area contributed by atoms with Crippen LogP contribution < -0.4 is 4.74 Å². The number of nitrogens with zero attached hydrogens (tertiary/aromatic N) is 2. The molecule has 7 heteroatoms. The minimum atomic E-state index is -0.0182.